The Hall–Kier alpha value is -3.97. The third-order valence-corrected chi connectivity index (χ3v) is 4.77. The molecular weight excluding hydrogens is 402 g/mol. The molecule has 0 aliphatic heterocycles. The Bertz CT molecular complexity index is 1410. The van der Waals surface area contributed by atoms with Crippen molar-refractivity contribution >= 4 is 34.0 Å². The lowest BCUT2D eigenvalue weighted by atomic mass is 10.1. The lowest BCUT2D eigenvalue weighted by Gasteiger charge is -2.13. The van der Waals surface area contributed by atoms with Crippen LogP contribution in [0.15, 0.2) is 82.0 Å². The second kappa shape index (κ2) is 7.46. The quantitative estimate of drug-likeness (QED) is 0.427. The van der Waals surface area contributed by atoms with E-state index in [9.17, 15) is 4.79 Å². The van der Waals surface area contributed by atoms with E-state index in [1.807, 2.05) is 60.7 Å². The van der Waals surface area contributed by atoms with Crippen LogP contribution in [-0.4, -0.2) is 20.2 Å². The molecule has 2 N–H and O–H groups in total. The average Bonchev–Trinajstić information content (AvgIpc) is 3.21. The number of anilines is 2. The van der Waals surface area contributed by atoms with Crippen LogP contribution in [0, 0.1) is 0 Å². The minimum atomic E-state index is -0.620. The van der Waals surface area contributed by atoms with Gasteiger partial charge in [-0.15, -0.1) is 5.10 Å². The maximum atomic E-state index is 11.4. The van der Waals surface area contributed by atoms with Gasteiger partial charge in [0.1, 0.15) is 5.82 Å². The van der Waals surface area contributed by atoms with Crippen molar-refractivity contribution in [1.82, 2.24) is 20.2 Å². The summed E-state index contributed by atoms with van der Waals surface area (Å²) in [5.74, 6) is 0.719. The minimum absolute atomic E-state index is 0.183. The third-order valence-electron chi connectivity index (χ3n) is 4.54. The topological polar surface area (TPSA) is 96.7 Å². The Kier molecular flexibility index (Phi) is 4.49. The van der Waals surface area contributed by atoms with E-state index in [0.29, 0.717) is 27.9 Å². The molecule has 0 aliphatic carbocycles. The van der Waals surface area contributed by atoms with E-state index in [4.69, 9.17) is 21.0 Å². The molecule has 0 bridgehead atoms. The molecule has 5 aromatic rings. The smallest absolute Gasteiger partial charge is 0.388 e. The molecule has 0 amide bonds. The fourth-order valence-corrected chi connectivity index (χ4v) is 3.34. The molecule has 0 saturated carbocycles. The number of benzene rings is 3. The highest BCUT2D eigenvalue weighted by Gasteiger charge is 2.15. The Morgan fingerprint density at radius 2 is 1.73 bits per heavy atom. The highest BCUT2D eigenvalue weighted by Crippen LogP contribution is 2.32. The van der Waals surface area contributed by atoms with E-state index in [1.54, 1.807) is 12.1 Å². The molecule has 0 radical (unpaired) electrons. The molecule has 2 heterocycles. The van der Waals surface area contributed by atoms with E-state index in [2.05, 4.69) is 20.5 Å². The number of para-hydroxylation sites is 1. The first-order valence-electron chi connectivity index (χ1n) is 9.12. The highest BCUT2D eigenvalue weighted by atomic mass is 35.5. The van der Waals surface area contributed by atoms with E-state index in [0.717, 1.165) is 16.5 Å². The number of H-pyrrole nitrogens is 1. The van der Waals surface area contributed by atoms with Gasteiger partial charge in [-0.2, -0.15) is 0 Å². The Morgan fingerprint density at radius 1 is 0.933 bits per heavy atom. The molecule has 0 unspecified atom stereocenters. The second-order valence-corrected chi connectivity index (χ2v) is 6.95. The van der Waals surface area contributed by atoms with Gasteiger partial charge in [0.05, 0.1) is 16.8 Å². The zero-order chi connectivity index (χ0) is 20.5. The maximum absolute atomic E-state index is 11.4. The highest BCUT2D eigenvalue weighted by molar-refractivity contribution is 6.31. The predicted octanol–water partition coefficient (Wildman–Crippen LogP) is 5.04. The van der Waals surface area contributed by atoms with Gasteiger partial charge in [-0.05, 0) is 30.3 Å². The number of aromatic nitrogens is 4. The molecule has 0 atom stereocenters. The van der Waals surface area contributed by atoms with Gasteiger partial charge in [0.2, 0.25) is 0 Å². The molecule has 2 aromatic heterocycles. The van der Waals surface area contributed by atoms with E-state index in [1.165, 1.54) is 0 Å². The van der Waals surface area contributed by atoms with Crippen LogP contribution in [0.3, 0.4) is 0 Å². The summed E-state index contributed by atoms with van der Waals surface area (Å²) in [5, 5.41) is 10.9. The molecule has 5 rings (SSSR count). The summed E-state index contributed by atoms with van der Waals surface area (Å²) in [4.78, 5) is 20.8. The summed E-state index contributed by atoms with van der Waals surface area (Å²) in [6, 6.07) is 22.5. The molecule has 146 valence electrons. The van der Waals surface area contributed by atoms with E-state index >= 15 is 0 Å². The van der Waals surface area contributed by atoms with Crippen molar-refractivity contribution < 1.29 is 4.42 Å². The van der Waals surface area contributed by atoms with Crippen LogP contribution in [0.4, 0.5) is 11.5 Å². The molecule has 30 heavy (non-hydrogen) atoms. The number of aromatic amines is 1. The molecule has 0 aliphatic rings. The molecule has 7 nitrogen and oxygen atoms in total. The molecule has 3 aromatic carbocycles. The molecular formula is C22H14ClN5O2. The van der Waals surface area contributed by atoms with Crippen molar-refractivity contribution in [3.8, 4) is 22.8 Å². The summed E-state index contributed by atoms with van der Waals surface area (Å²) >= 11 is 6.23. The summed E-state index contributed by atoms with van der Waals surface area (Å²) < 4.78 is 5.13. The number of nitrogens with zero attached hydrogens (tertiary/aromatic N) is 3. The largest absolute Gasteiger partial charge is 0.434 e. The average molecular weight is 416 g/mol. The van der Waals surface area contributed by atoms with Crippen LogP contribution in [0.25, 0.3) is 33.7 Å². The number of halogens is 1. The van der Waals surface area contributed by atoms with Gasteiger partial charge in [0, 0.05) is 16.0 Å². The van der Waals surface area contributed by atoms with Gasteiger partial charge in [-0.25, -0.2) is 19.9 Å². The SMILES string of the molecule is O=c1[nH]nc(-c2ccccc2Nc2nc(-c3ccccc3)nc3ccc(Cl)cc23)o1. The molecule has 0 fully saturated rings. The summed E-state index contributed by atoms with van der Waals surface area (Å²) in [5.41, 5.74) is 2.93. The van der Waals surface area contributed by atoms with Crippen LogP contribution < -0.4 is 11.1 Å². The van der Waals surface area contributed by atoms with Crippen LogP contribution in [0.1, 0.15) is 0 Å². The number of hydrogen-bond acceptors (Lipinski definition) is 6. The second-order valence-electron chi connectivity index (χ2n) is 6.51. The van der Waals surface area contributed by atoms with Gasteiger partial charge < -0.3 is 9.73 Å². The van der Waals surface area contributed by atoms with Gasteiger partial charge in [-0.3, -0.25) is 0 Å². The van der Waals surface area contributed by atoms with Crippen LogP contribution in [0.5, 0.6) is 0 Å². The van der Waals surface area contributed by atoms with Gasteiger partial charge in [0.15, 0.2) is 5.82 Å². The fraction of sp³-hybridized carbons (Fsp3) is 0. The van der Waals surface area contributed by atoms with Gasteiger partial charge in [-0.1, -0.05) is 54.1 Å². The number of hydrogen-bond donors (Lipinski definition) is 2. The third kappa shape index (κ3) is 3.42. The van der Waals surface area contributed by atoms with Gasteiger partial charge >= 0.3 is 5.76 Å². The van der Waals surface area contributed by atoms with Crippen molar-refractivity contribution in [2.24, 2.45) is 0 Å². The van der Waals surface area contributed by atoms with Crippen molar-refractivity contribution in [3.63, 3.8) is 0 Å². The van der Waals surface area contributed by atoms with Crippen LogP contribution in [-0.2, 0) is 0 Å². The first-order valence-corrected chi connectivity index (χ1v) is 9.50. The number of rotatable bonds is 4. The monoisotopic (exact) mass is 415 g/mol. The van der Waals surface area contributed by atoms with E-state index < -0.39 is 5.76 Å². The molecule has 8 heteroatoms. The Morgan fingerprint density at radius 3 is 2.53 bits per heavy atom. The molecule has 0 spiro atoms. The normalized spacial score (nSPS) is 11.0. The Balaban J connectivity index is 1.68. The van der Waals surface area contributed by atoms with E-state index in [-0.39, 0.29) is 5.89 Å². The first-order chi connectivity index (χ1) is 14.7. The Labute approximate surface area is 175 Å². The zero-order valence-corrected chi connectivity index (χ0v) is 16.2. The predicted molar refractivity (Wildman–Crippen MR) is 116 cm³/mol. The van der Waals surface area contributed by atoms with Crippen LogP contribution in [0.2, 0.25) is 5.02 Å². The molecule has 0 saturated heterocycles. The fourth-order valence-electron chi connectivity index (χ4n) is 3.16. The summed E-state index contributed by atoms with van der Waals surface area (Å²) in [6.45, 7) is 0. The van der Waals surface area contributed by atoms with Crippen molar-refractivity contribution in [2.75, 3.05) is 5.32 Å². The van der Waals surface area contributed by atoms with Gasteiger partial charge in [0.25, 0.3) is 5.89 Å². The standard InChI is InChI=1S/C22H14ClN5O2/c23-14-10-11-18-16(12-14)20(26-19(24-18)13-6-2-1-3-7-13)25-17-9-5-4-8-15(17)21-27-28-22(29)30-21/h1-12H,(H,28,29)(H,24,25,26). The lowest BCUT2D eigenvalue weighted by Crippen LogP contribution is -2.00. The zero-order valence-electron chi connectivity index (χ0n) is 15.5. The summed E-state index contributed by atoms with van der Waals surface area (Å²) in [6.07, 6.45) is 0. The maximum Gasteiger partial charge on any atom is 0.434 e. The van der Waals surface area contributed by atoms with Crippen molar-refractivity contribution in [3.05, 3.63) is 88.4 Å². The minimum Gasteiger partial charge on any atom is -0.388 e. The van der Waals surface area contributed by atoms with Crippen LogP contribution >= 0.6 is 11.6 Å². The number of fused-ring (bicyclic) bond motifs is 1. The summed E-state index contributed by atoms with van der Waals surface area (Å²) in [7, 11) is 0. The first kappa shape index (κ1) is 18.1. The van der Waals surface area contributed by atoms with Crippen molar-refractivity contribution in [1.29, 1.82) is 0 Å². The number of nitrogens with one attached hydrogen (secondary N) is 2. The van der Waals surface area contributed by atoms with Crippen molar-refractivity contribution in [2.45, 2.75) is 0 Å². The lowest BCUT2D eigenvalue weighted by molar-refractivity contribution is 0.527.